The fraction of sp³-hybridized carbons (Fsp3) is 0.0690. The summed E-state index contributed by atoms with van der Waals surface area (Å²) in [5.41, 5.74) is 23.0. The lowest BCUT2D eigenvalue weighted by atomic mass is 10.1. The molecular weight excluding hydrogens is 697 g/mol. The Bertz CT molecular complexity index is 2230. The van der Waals surface area contributed by atoms with Gasteiger partial charge in [0.15, 0.2) is 0 Å². The van der Waals surface area contributed by atoms with Crippen molar-refractivity contribution in [2.75, 3.05) is 0 Å². The fourth-order valence-electron chi connectivity index (χ4n) is 8.70. The molecule has 4 aliphatic carbocycles. The van der Waals surface area contributed by atoms with Gasteiger partial charge in [-0.15, -0.1) is 0 Å². The lowest BCUT2D eigenvalue weighted by Crippen LogP contribution is -1.77. The van der Waals surface area contributed by atoms with E-state index in [2.05, 4.69) is 194 Å². The van der Waals surface area contributed by atoms with Crippen molar-refractivity contribution < 1.29 is 0 Å². The van der Waals surface area contributed by atoms with E-state index >= 15 is 0 Å². The zero-order valence-corrected chi connectivity index (χ0v) is 32.8. The van der Waals surface area contributed by atoms with Crippen molar-refractivity contribution in [3.05, 3.63) is 275 Å². The first kappa shape index (κ1) is 36.6. The second kappa shape index (κ2) is 17.4. The first-order valence-corrected chi connectivity index (χ1v) is 20.4. The minimum atomic E-state index is 1.10. The molecule has 0 N–H and O–H groups in total. The van der Waals surface area contributed by atoms with Crippen LogP contribution in [0.1, 0.15) is 44.5 Å². The van der Waals surface area contributed by atoms with Gasteiger partial charge in [0.2, 0.25) is 0 Å². The molecule has 0 atom stereocenters. The van der Waals surface area contributed by atoms with Gasteiger partial charge >= 0.3 is 0 Å². The highest BCUT2D eigenvalue weighted by atomic mass is 14.2. The van der Waals surface area contributed by atoms with Crippen LogP contribution < -0.4 is 0 Å². The van der Waals surface area contributed by atoms with Crippen LogP contribution in [-0.2, 0) is 25.7 Å². The maximum Gasteiger partial charge on any atom is -0.00135 e. The Morgan fingerprint density at radius 2 is 0.259 bits per heavy atom. The van der Waals surface area contributed by atoms with E-state index in [0.29, 0.717) is 0 Å². The van der Waals surface area contributed by atoms with Gasteiger partial charge in [-0.25, -0.2) is 0 Å². The van der Waals surface area contributed by atoms with Crippen LogP contribution in [0.15, 0.2) is 231 Å². The van der Waals surface area contributed by atoms with E-state index in [4.69, 9.17) is 0 Å². The molecule has 0 heterocycles. The average molecular weight is 743 g/mol. The van der Waals surface area contributed by atoms with E-state index in [9.17, 15) is 0 Å². The molecule has 0 saturated heterocycles. The summed E-state index contributed by atoms with van der Waals surface area (Å²) in [5.74, 6) is 0. The van der Waals surface area contributed by atoms with Crippen molar-refractivity contribution in [3.8, 4) is 44.5 Å². The zero-order valence-electron chi connectivity index (χ0n) is 32.8. The van der Waals surface area contributed by atoms with Crippen molar-refractivity contribution in [2.45, 2.75) is 25.7 Å². The molecule has 4 aliphatic rings. The predicted octanol–water partition coefficient (Wildman–Crippen LogP) is 14.7. The Hall–Kier alpha value is -7.02. The molecule has 13 rings (SSSR count). The minimum Gasteiger partial charge on any atom is -0.0623 e. The Morgan fingerprint density at radius 1 is 0.138 bits per heavy atom. The molecule has 0 nitrogen and oxygen atoms in total. The van der Waals surface area contributed by atoms with Gasteiger partial charge in [-0.05, 0) is 115 Å². The molecule has 9 aromatic rings. The first-order chi connectivity index (χ1) is 28.8. The van der Waals surface area contributed by atoms with Gasteiger partial charge in [0.05, 0.1) is 0 Å². The SMILES string of the molecule is c1ccc2c(c1)Cc1ccccc1-2.c1ccc2c(c1)Cc1ccccc1-2.c1ccc2c(c1)Cc1ccccc1-2.c1ccc2c(c1)Cc1ccccc1-2.c1ccccc1. The molecule has 0 aromatic heterocycles. The topological polar surface area (TPSA) is 0 Å². The van der Waals surface area contributed by atoms with Crippen LogP contribution in [0.3, 0.4) is 0 Å². The quantitative estimate of drug-likeness (QED) is 0.145. The molecule has 0 radical (unpaired) electrons. The predicted molar refractivity (Wildman–Crippen MR) is 245 cm³/mol. The summed E-state index contributed by atoms with van der Waals surface area (Å²) in [7, 11) is 0. The van der Waals surface area contributed by atoms with Crippen LogP contribution in [0.25, 0.3) is 44.5 Å². The van der Waals surface area contributed by atoms with Crippen molar-refractivity contribution >= 4 is 0 Å². The van der Waals surface area contributed by atoms with Gasteiger partial charge in [0, 0.05) is 0 Å². The van der Waals surface area contributed by atoms with E-state index in [1.54, 1.807) is 0 Å². The van der Waals surface area contributed by atoms with E-state index in [1.165, 1.54) is 89.0 Å². The molecule has 58 heavy (non-hydrogen) atoms. The van der Waals surface area contributed by atoms with Crippen LogP contribution in [0, 0.1) is 0 Å². The second-order valence-corrected chi connectivity index (χ2v) is 15.1. The third kappa shape index (κ3) is 7.97. The van der Waals surface area contributed by atoms with Gasteiger partial charge in [0.25, 0.3) is 0 Å². The molecule has 0 unspecified atom stereocenters. The highest BCUT2D eigenvalue weighted by Gasteiger charge is 2.18. The van der Waals surface area contributed by atoms with Crippen LogP contribution >= 0.6 is 0 Å². The van der Waals surface area contributed by atoms with Gasteiger partial charge in [-0.2, -0.15) is 0 Å². The molecule has 0 aliphatic heterocycles. The minimum absolute atomic E-state index is 1.10. The molecule has 0 spiro atoms. The van der Waals surface area contributed by atoms with Crippen LogP contribution in [0.5, 0.6) is 0 Å². The Balaban J connectivity index is 0.0000000956. The van der Waals surface area contributed by atoms with E-state index in [0.717, 1.165) is 25.7 Å². The first-order valence-electron chi connectivity index (χ1n) is 20.4. The molecular formula is C58H46. The summed E-state index contributed by atoms with van der Waals surface area (Å²) in [6.45, 7) is 0. The highest BCUT2D eigenvalue weighted by Crippen LogP contribution is 2.38. The number of fused-ring (bicyclic) bond motifs is 12. The van der Waals surface area contributed by atoms with Gasteiger partial charge in [-0.1, -0.05) is 231 Å². The largest absolute Gasteiger partial charge is 0.0623 e. The third-order valence-electron chi connectivity index (χ3n) is 11.5. The summed E-state index contributed by atoms with van der Waals surface area (Å²) < 4.78 is 0. The number of benzene rings is 9. The Labute approximate surface area is 343 Å². The maximum atomic E-state index is 2.22. The Morgan fingerprint density at radius 3 is 0.397 bits per heavy atom. The normalized spacial score (nSPS) is 11.9. The lowest BCUT2D eigenvalue weighted by Gasteiger charge is -1.98. The molecule has 9 aromatic carbocycles. The van der Waals surface area contributed by atoms with Crippen LogP contribution in [0.2, 0.25) is 0 Å². The summed E-state index contributed by atoms with van der Waals surface area (Å²) in [6, 6.07) is 81.2. The highest BCUT2D eigenvalue weighted by molar-refractivity contribution is 5.79. The van der Waals surface area contributed by atoms with E-state index in [1.807, 2.05) is 36.4 Å². The standard InChI is InChI=1S/4C13H10.C6H6/c4*1-3-7-12-10(5-1)9-11-6-2-4-8-13(11)12;1-2-4-6-5-3-1/h4*1-8H,9H2;1-6H. The van der Waals surface area contributed by atoms with E-state index in [-0.39, 0.29) is 0 Å². The van der Waals surface area contributed by atoms with Crippen LogP contribution in [0.4, 0.5) is 0 Å². The molecule has 278 valence electrons. The van der Waals surface area contributed by atoms with Gasteiger partial charge in [0.1, 0.15) is 0 Å². The van der Waals surface area contributed by atoms with E-state index < -0.39 is 0 Å². The second-order valence-electron chi connectivity index (χ2n) is 15.1. The van der Waals surface area contributed by atoms with Gasteiger partial charge < -0.3 is 0 Å². The summed E-state index contributed by atoms with van der Waals surface area (Å²) >= 11 is 0. The molecule has 0 amide bonds. The zero-order chi connectivity index (χ0) is 38.9. The molecule has 0 heteroatoms. The summed E-state index contributed by atoms with van der Waals surface area (Å²) in [5, 5.41) is 0. The van der Waals surface area contributed by atoms with Crippen molar-refractivity contribution in [2.24, 2.45) is 0 Å². The summed E-state index contributed by atoms with van der Waals surface area (Å²) in [4.78, 5) is 0. The molecule has 0 bridgehead atoms. The molecule has 0 fully saturated rings. The Kier molecular flexibility index (Phi) is 11.0. The van der Waals surface area contributed by atoms with Gasteiger partial charge in [-0.3, -0.25) is 0 Å². The van der Waals surface area contributed by atoms with Crippen molar-refractivity contribution in [1.82, 2.24) is 0 Å². The number of hydrogen-bond acceptors (Lipinski definition) is 0. The molecule has 0 saturated carbocycles. The van der Waals surface area contributed by atoms with Crippen LogP contribution in [-0.4, -0.2) is 0 Å². The average Bonchev–Trinajstić information content (AvgIpc) is 4.08. The van der Waals surface area contributed by atoms with Crippen molar-refractivity contribution in [1.29, 1.82) is 0 Å². The third-order valence-corrected chi connectivity index (χ3v) is 11.5. The number of rotatable bonds is 0. The monoisotopic (exact) mass is 742 g/mol. The van der Waals surface area contributed by atoms with Crippen molar-refractivity contribution in [3.63, 3.8) is 0 Å². The fourth-order valence-corrected chi connectivity index (χ4v) is 8.70. The summed E-state index contributed by atoms with van der Waals surface area (Å²) in [6.07, 6.45) is 4.41. The smallest absolute Gasteiger partial charge is 0.00135 e. The number of hydrogen-bond donors (Lipinski definition) is 0. The maximum absolute atomic E-state index is 2.22. The lowest BCUT2D eigenvalue weighted by molar-refractivity contribution is 1.26.